The molecule has 0 bridgehead atoms. The van der Waals surface area contributed by atoms with Crippen LogP contribution in [0.3, 0.4) is 0 Å². The summed E-state index contributed by atoms with van der Waals surface area (Å²) in [6.07, 6.45) is 0. The van der Waals surface area contributed by atoms with E-state index in [0.29, 0.717) is 6.54 Å². The van der Waals surface area contributed by atoms with E-state index in [1.54, 1.807) is 13.0 Å². The molecule has 0 saturated carbocycles. The zero-order valence-electron chi connectivity index (χ0n) is 11.5. The molecule has 2 amide bonds. The lowest BCUT2D eigenvalue weighted by atomic mass is 10.1. The lowest BCUT2D eigenvalue weighted by molar-refractivity contribution is -0.139. The van der Waals surface area contributed by atoms with Crippen molar-refractivity contribution in [3.63, 3.8) is 0 Å². The van der Waals surface area contributed by atoms with Crippen molar-refractivity contribution in [2.75, 3.05) is 6.54 Å². The topological polar surface area (TPSA) is 78.4 Å². The first-order valence-electron chi connectivity index (χ1n) is 6.34. The molecule has 1 unspecified atom stereocenters. The van der Waals surface area contributed by atoms with E-state index in [9.17, 15) is 14.7 Å². The van der Waals surface area contributed by atoms with Gasteiger partial charge in [-0.1, -0.05) is 12.1 Å². The summed E-state index contributed by atoms with van der Waals surface area (Å²) in [7, 11) is 0. The molecule has 0 aliphatic rings. The highest BCUT2D eigenvalue weighted by Gasteiger charge is 2.26. The van der Waals surface area contributed by atoms with Gasteiger partial charge in [0.15, 0.2) is 0 Å². The van der Waals surface area contributed by atoms with Crippen molar-refractivity contribution in [1.29, 1.82) is 0 Å². The van der Waals surface area contributed by atoms with Crippen LogP contribution in [0.5, 0.6) is 0 Å². The standard InChI is InChI=1S/C14H16N2O3S2/c1-14(19,11-5-3-7-21-11)9-16-13(18)12(17)15-8-10-4-2-6-20-10/h2-7,19H,8-9H2,1H3,(H,15,17)(H,16,18). The molecule has 112 valence electrons. The van der Waals surface area contributed by atoms with Crippen LogP contribution < -0.4 is 10.6 Å². The first kappa shape index (κ1) is 15.7. The van der Waals surface area contributed by atoms with E-state index < -0.39 is 17.4 Å². The molecule has 2 heterocycles. The van der Waals surface area contributed by atoms with Gasteiger partial charge < -0.3 is 15.7 Å². The van der Waals surface area contributed by atoms with E-state index in [0.717, 1.165) is 9.75 Å². The Morgan fingerprint density at radius 1 is 1.14 bits per heavy atom. The minimum Gasteiger partial charge on any atom is -0.383 e. The number of amides is 2. The molecule has 7 heteroatoms. The third-order valence-electron chi connectivity index (χ3n) is 2.85. The van der Waals surface area contributed by atoms with E-state index in [2.05, 4.69) is 10.6 Å². The SMILES string of the molecule is CC(O)(CNC(=O)C(=O)NCc1cccs1)c1cccs1. The first-order valence-corrected chi connectivity index (χ1v) is 8.10. The Hall–Kier alpha value is -1.70. The van der Waals surface area contributed by atoms with Crippen LogP contribution in [0.2, 0.25) is 0 Å². The Balaban J connectivity index is 1.80. The molecule has 2 rings (SSSR count). The van der Waals surface area contributed by atoms with Gasteiger partial charge in [0, 0.05) is 9.75 Å². The Morgan fingerprint density at radius 2 is 1.81 bits per heavy atom. The molecular weight excluding hydrogens is 308 g/mol. The highest BCUT2D eigenvalue weighted by Crippen LogP contribution is 2.24. The van der Waals surface area contributed by atoms with Gasteiger partial charge >= 0.3 is 11.8 Å². The molecule has 0 aromatic carbocycles. The van der Waals surface area contributed by atoms with Crippen molar-refractivity contribution in [1.82, 2.24) is 10.6 Å². The van der Waals surface area contributed by atoms with Gasteiger partial charge in [0.05, 0.1) is 13.1 Å². The largest absolute Gasteiger partial charge is 0.383 e. The summed E-state index contributed by atoms with van der Waals surface area (Å²) in [5, 5.41) is 19.0. The number of nitrogens with one attached hydrogen (secondary N) is 2. The first-order chi connectivity index (χ1) is 9.99. The molecular formula is C14H16N2O3S2. The van der Waals surface area contributed by atoms with Crippen LogP contribution in [-0.2, 0) is 21.7 Å². The molecule has 0 aliphatic heterocycles. The second-order valence-corrected chi connectivity index (χ2v) is 6.68. The Morgan fingerprint density at radius 3 is 2.43 bits per heavy atom. The molecule has 2 aromatic heterocycles. The van der Waals surface area contributed by atoms with Crippen LogP contribution in [0.1, 0.15) is 16.7 Å². The maximum Gasteiger partial charge on any atom is 0.309 e. The van der Waals surface area contributed by atoms with Gasteiger partial charge in [0.25, 0.3) is 0 Å². The van der Waals surface area contributed by atoms with Crippen LogP contribution in [0.15, 0.2) is 35.0 Å². The lowest BCUT2D eigenvalue weighted by Gasteiger charge is -2.22. The van der Waals surface area contributed by atoms with E-state index in [4.69, 9.17) is 0 Å². The number of thiophene rings is 2. The molecule has 1 atom stereocenters. The lowest BCUT2D eigenvalue weighted by Crippen LogP contribution is -2.44. The summed E-state index contributed by atoms with van der Waals surface area (Å²) in [6, 6.07) is 7.37. The molecule has 5 nitrogen and oxygen atoms in total. The van der Waals surface area contributed by atoms with Crippen LogP contribution in [-0.4, -0.2) is 23.5 Å². The highest BCUT2D eigenvalue weighted by atomic mass is 32.1. The van der Waals surface area contributed by atoms with Crippen molar-refractivity contribution in [2.24, 2.45) is 0 Å². The summed E-state index contributed by atoms with van der Waals surface area (Å²) in [4.78, 5) is 25.0. The van der Waals surface area contributed by atoms with E-state index in [1.807, 2.05) is 29.0 Å². The van der Waals surface area contributed by atoms with E-state index in [1.165, 1.54) is 22.7 Å². The summed E-state index contributed by atoms with van der Waals surface area (Å²) >= 11 is 2.91. The number of carbonyl (C=O) groups excluding carboxylic acids is 2. The minimum absolute atomic E-state index is 0.0151. The zero-order chi connectivity index (χ0) is 15.3. The van der Waals surface area contributed by atoms with Crippen LogP contribution in [0.25, 0.3) is 0 Å². The monoisotopic (exact) mass is 324 g/mol. The van der Waals surface area contributed by atoms with E-state index in [-0.39, 0.29) is 6.54 Å². The third kappa shape index (κ3) is 4.38. The Kier molecular flexibility index (Phi) is 5.11. The van der Waals surface area contributed by atoms with Crippen molar-refractivity contribution in [2.45, 2.75) is 19.1 Å². The number of rotatable bonds is 5. The average Bonchev–Trinajstić information content (AvgIpc) is 3.14. The number of carbonyl (C=O) groups is 2. The van der Waals surface area contributed by atoms with Crippen LogP contribution in [0.4, 0.5) is 0 Å². The summed E-state index contributed by atoms with van der Waals surface area (Å²) < 4.78 is 0. The maximum absolute atomic E-state index is 11.7. The molecule has 0 fully saturated rings. The fourth-order valence-electron chi connectivity index (χ4n) is 1.67. The van der Waals surface area contributed by atoms with Gasteiger partial charge in [0.1, 0.15) is 5.60 Å². The van der Waals surface area contributed by atoms with Crippen LogP contribution in [0, 0.1) is 0 Å². The fourth-order valence-corrected chi connectivity index (χ4v) is 3.10. The van der Waals surface area contributed by atoms with Gasteiger partial charge in [-0.2, -0.15) is 0 Å². The number of aliphatic hydroxyl groups is 1. The van der Waals surface area contributed by atoms with Crippen molar-refractivity contribution in [3.8, 4) is 0 Å². The second kappa shape index (κ2) is 6.84. The quantitative estimate of drug-likeness (QED) is 0.729. The molecule has 3 N–H and O–H groups in total. The van der Waals surface area contributed by atoms with Crippen molar-refractivity contribution in [3.05, 3.63) is 44.8 Å². The van der Waals surface area contributed by atoms with Gasteiger partial charge in [-0.25, -0.2) is 0 Å². The number of hydrogen-bond donors (Lipinski definition) is 3. The molecule has 2 aromatic rings. The Labute approximate surface area is 130 Å². The molecule has 21 heavy (non-hydrogen) atoms. The van der Waals surface area contributed by atoms with Gasteiger partial charge in [-0.3, -0.25) is 9.59 Å². The molecule has 0 radical (unpaired) electrons. The normalized spacial score (nSPS) is 13.4. The average molecular weight is 324 g/mol. The predicted octanol–water partition coefficient (Wildman–Crippen LogP) is 1.45. The smallest absolute Gasteiger partial charge is 0.309 e. The fraction of sp³-hybridized carbons (Fsp3) is 0.286. The summed E-state index contributed by atoms with van der Waals surface area (Å²) in [5.74, 6) is -1.45. The summed E-state index contributed by atoms with van der Waals surface area (Å²) in [6.45, 7) is 1.91. The highest BCUT2D eigenvalue weighted by molar-refractivity contribution is 7.10. The maximum atomic E-state index is 11.7. The van der Waals surface area contributed by atoms with Gasteiger partial charge in [-0.15, -0.1) is 22.7 Å². The van der Waals surface area contributed by atoms with Crippen molar-refractivity contribution < 1.29 is 14.7 Å². The van der Waals surface area contributed by atoms with Crippen molar-refractivity contribution >= 4 is 34.5 Å². The Bertz CT molecular complexity index is 592. The minimum atomic E-state index is -1.18. The molecule has 0 saturated heterocycles. The van der Waals surface area contributed by atoms with Gasteiger partial charge in [0.2, 0.25) is 0 Å². The summed E-state index contributed by atoms with van der Waals surface area (Å²) in [5.41, 5.74) is -1.18. The second-order valence-electron chi connectivity index (χ2n) is 4.70. The zero-order valence-corrected chi connectivity index (χ0v) is 13.1. The predicted molar refractivity (Wildman–Crippen MR) is 83.1 cm³/mol. The number of hydrogen-bond acceptors (Lipinski definition) is 5. The van der Waals surface area contributed by atoms with E-state index >= 15 is 0 Å². The third-order valence-corrected chi connectivity index (χ3v) is 4.85. The molecule has 0 spiro atoms. The molecule has 0 aliphatic carbocycles. The van der Waals surface area contributed by atoms with Crippen LogP contribution >= 0.6 is 22.7 Å². The van der Waals surface area contributed by atoms with Gasteiger partial charge in [-0.05, 0) is 29.8 Å².